The van der Waals surface area contributed by atoms with Crippen molar-refractivity contribution in [2.75, 3.05) is 13.1 Å². The van der Waals surface area contributed by atoms with Gasteiger partial charge in [-0.15, -0.1) is 0 Å². The molecule has 0 unspecified atom stereocenters. The van der Waals surface area contributed by atoms with E-state index in [-0.39, 0.29) is 13.1 Å². The summed E-state index contributed by atoms with van der Waals surface area (Å²) < 4.78 is 43.9. The quantitative estimate of drug-likeness (QED) is 0.920. The summed E-state index contributed by atoms with van der Waals surface area (Å²) in [4.78, 5) is 24.4. The summed E-state index contributed by atoms with van der Waals surface area (Å²) in [5, 5.41) is 8.92. The van der Waals surface area contributed by atoms with Crippen molar-refractivity contribution in [3.63, 3.8) is 0 Å². The number of benzene rings is 1. The van der Waals surface area contributed by atoms with Crippen LogP contribution in [0.1, 0.15) is 18.9 Å². The zero-order valence-corrected chi connectivity index (χ0v) is 12.3. The van der Waals surface area contributed by atoms with Crippen molar-refractivity contribution >= 4 is 11.9 Å². The molecule has 8 heteroatoms. The number of carbonyl (C=O) groups is 2. The average Bonchev–Trinajstić information content (AvgIpc) is 2.95. The van der Waals surface area contributed by atoms with Crippen LogP contribution in [0.2, 0.25) is 0 Å². The predicted molar refractivity (Wildman–Crippen MR) is 73.9 cm³/mol. The van der Waals surface area contributed by atoms with Crippen LogP contribution in [0.4, 0.5) is 13.2 Å². The fourth-order valence-corrected chi connectivity index (χ4v) is 2.46. The zero-order chi connectivity index (χ0) is 17.2. The van der Waals surface area contributed by atoms with E-state index in [1.54, 1.807) is 0 Å². The maximum atomic E-state index is 12.9. The van der Waals surface area contributed by atoms with Crippen LogP contribution in [0.15, 0.2) is 24.3 Å². The van der Waals surface area contributed by atoms with Crippen molar-refractivity contribution < 1.29 is 32.6 Å². The number of carbonyl (C=O) groups excluding carboxylic acids is 1. The molecule has 1 aliphatic rings. The van der Waals surface area contributed by atoms with E-state index in [4.69, 9.17) is 9.84 Å². The normalized spacial score (nSPS) is 19.5. The molecule has 1 aliphatic heterocycles. The second kappa shape index (κ2) is 6.47. The molecule has 2 atom stereocenters. The maximum Gasteiger partial charge on any atom is 0.419 e. The van der Waals surface area contributed by atoms with Gasteiger partial charge in [-0.05, 0) is 25.5 Å². The number of carboxylic acid groups (broad SMARTS) is 1. The van der Waals surface area contributed by atoms with Crippen LogP contribution in [-0.2, 0) is 15.8 Å². The standard InChI is InChI=1S/C15H16F3NO4/c1-9(13(20)19-7-6-10(8-19)14(21)22)23-12-5-3-2-4-11(12)15(16,17)18/h2-5,9-10H,6-8H2,1H3,(H,21,22)/t9-,10-/m0/s1. The summed E-state index contributed by atoms with van der Waals surface area (Å²) >= 11 is 0. The largest absolute Gasteiger partial charge is 0.481 e. The Bertz CT molecular complexity index is 603. The van der Waals surface area contributed by atoms with E-state index in [2.05, 4.69) is 0 Å². The molecule has 126 valence electrons. The lowest BCUT2D eigenvalue weighted by Crippen LogP contribution is -2.39. The van der Waals surface area contributed by atoms with E-state index in [0.29, 0.717) is 6.42 Å². The lowest BCUT2D eigenvalue weighted by atomic mass is 10.1. The van der Waals surface area contributed by atoms with E-state index >= 15 is 0 Å². The molecule has 1 aromatic rings. The molecule has 0 saturated carbocycles. The summed E-state index contributed by atoms with van der Waals surface area (Å²) in [5.74, 6) is -2.58. The van der Waals surface area contributed by atoms with Gasteiger partial charge in [0, 0.05) is 13.1 Å². The minimum atomic E-state index is -4.58. The van der Waals surface area contributed by atoms with Gasteiger partial charge in [0.25, 0.3) is 5.91 Å². The van der Waals surface area contributed by atoms with Gasteiger partial charge < -0.3 is 14.7 Å². The monoisotopic (exact) mass is 331 g/mol. The van der Waals surface area contributed by atoms with Gasteiger partial charge in [0.15, 0.2) is 6.10 Å². The number of nitrogens with zero attached hydrogens (tertiary/aromatic N) is 1. The third-order valence-electron chi connectivity index (χ3n) is 3.69. The molecule has 1 amide bonds. The predicted octanol–water partition coefficient (Wildman–Crippen LogP) is 2.41. The zero-order valence-electron chi connectivity index (χ0n) is 12.3. The molecule has 0 bridgehead atoms. The second-order valence-electron chi connectivity index (χ2n) is 5.36. The van der Waals surface area contributed by atoms with Gasteiger partial charge in [0.1, 0.15) is 5.75 Å². The van der Waals surface area contributed by atoms with Crippen LogP contribution in [0.5, 0.6) is 5.75 Å². The number of alkyl halides is 3. The highest BCUT2D eigenvalue weighted by Crippen LogP contribution is 2.36. The van der Waals surface area contributed by atoms with Gasteiger partial charge >= 0.3 is 12.1 Å². The van der Waals surface area contributed by atoms with Gasteiger partial charge in [-0.2, -0.15) is 13.2 Å². The Morgan fingerprint density at radius 3 is 2.57 bits per heavy atom. The average molecular weight is 331 g/mol. The minimum Gasteiger partial charge on any atom is -0.481 e. The molecule has 1 aromatic carbocycles. The van der Waals surface area contributed by atoms with Crippen molar-refractivity contribution in [2.24, 2.45) is 5.92 Å². The molecule has 1 saturated heterocycles. The molecule has 1 fully saturated rings. The number of likely N-dealkylation sites (tertiary alicyclic amines) is 1. The summed E-state index contributed by atoms with van der Waals surface area (Å²) in [6.07, 6.45) is -5.39. The SMILES string of the molecule is C[C@H](Oc1ccccc1C(F)(F)F)C(=O)N1CC[C@H](C(=O)O)C1. The van der Waals surface area contributed by atoms with E-state index < -0.39 is 41.4 Å². The number of halogens is 3. The number of amides is 1. The van der Waals surface area contributed by atoms with Crippen molar-refractivity contribution in [3.05, 3.63) is 29.8 Å². The van der Waals surface area contributed by atoms with Crippen molar-refractivity contribution in [2.45, 2.75) is 25.6 Å². The molecule has 1 heterocycles. The van der Waals surface area contributed by atoms with E-state index in [1.165, 1.54) is 24.0 Å². The first-order valence-corrected chi connectivity index (χ1v) is 7.04. The highest BCUT2D eigenvalue weighted by molar-refractivity contribution is 5.82. The number of ether oxygens (including phenoxy) is 1. The Morgan fingerprint density at radius 2 is 2.00 bits per heavy atom. The molecular weight excluding hydrogens is 315 g/mol. The van der Waals surface area contributed by atoms with Crippen LogP contribution < -0.4 is 4.74 Å². The number of carboxylic acids is 1. The highest BCUT2D eigenvalue weighted by Gasteiger charge is 2.36. The number of hydrogen-bond acceptors (Lipinski definition) is 3. The second-order valence-corrected chi connectivity index (χ2v) is 5.36. The fraction of sp³-hybridized carbons (Fsp3) is 0.467. The Morgan fingerprint density at radius 1 is 1.35 bits per heavy atom. The van der Waals surface area contributed by atoms with E-state index in [1.807, 2.05) is 0 Å². The Labute approximate surface area is 130 Å². The van der Waals surface area contributed by atoms with Crippen molar-refractivity contribution in [3.8, 4) is 5.75 Å². The van der Waals surface area contributed by atoms with Gasteiger partial charge in [0.2, 0.25) is 0 Å². The van der Waals surface area contributed by atoms with Crippen molar-refractivity contribution in [1.29, 1.82) is 0 Å². The molecule has 1 N–H and O–H groups in total. The molecular formula is C15H16F3NO4. The van der Waals surface area contributed by atoms with Gasteiger partial charge in [-0.1, -0.05) is 12.1 Å². The molecule has 2 rings (SSSR count). The Hall–Kier alpha value is -2.25. The number of aliphatic carboxylic acids is 1. The first kappa shape index (κ1) is 17.1. The third kappa shape index (κ3) is 3.94. The molecule has 0 aromatic heterocycles. The van der Waals surface area contributed by atoms with Gasteiger partial charge in [-0.25, -0.2) is 0 Å². The summed E-state index contributed by atoms with van der Waals surface area (Å²) in [7, 11) is 0. The van der Waals surface area contributed by atoms with Crippen LogP contribution in [-0.4, -0.2) is 41.1 Å². The summed E-state index contributed by atoms with van der Waals surface area (Å²) in [5.41, 5.74) is -0.954. The van der Waals surface area contributed by atoms with Crippen molar-refractivity contribution in [1.82, 2.24) is 4.90 Å². The van der Waals surface area contributed by atoms with Gasteiger partial charge in [-0.3, -0.25) is 9.59 Å². The summed E-state index contributed by atoms with van der Waals surface area (Å²) in [6, 6.07) is 4.65. The number of rotatable bonds is 4. The Balaban J connectivity index is 2.07. The molecule has 0 radical (unpaired) electrons. The fourth-order valence-electron chi connectivity index (χ4n) is 2.46. The molecule has 0 aliphatic carbocycles. The highest BCUT2D eigenvalue weighted by atomic mass is 19.4. The van der Waals surface area contributed by atoms with Gasteiger partial charge in [0.05, 0.1) is 11.5 Å². The van der Waals surface area contributed by atoms with E-state index in [0.717, 1.165) is 12.1 Å². The first-order chi connectivity index (χ1) is 10.7. The number of hydrogen-bond donors (Lipinski definition) is 1. The smallest absolute Gasteiger partial charge is 0.419 e. The number of para-hydroxylation sites is 1. The lowest BCUT2D eigenvalue weighted by Gasteiger charge is -2.23. The third-order valence-corrected chi connectivity index (χ3v) is 3.69. The summed E-state index contributed by atoms with van der Waals surface area (Å²) in [6.45, 7) is 1.65. The van der Waals surface area contributed by atoms with Crippen LogP contribution in [0.25, 0.3) is 0 Å². The molecule has 23 heavy (non-hydrogen) atoms. The minimum absolute atomic E-state index is 0.0444. The lowest BCUT2D eigenvalue weighted by molar-refractivity contribution is -0.144. The molecule has 0 spiro atoms. The van der Waals surface area contributed by atoms with Crippen LogP contribution >= 0.6 is 0 Å². The van der Waals surface area contributed by atoms with Crippen LogP contribution in [0, 0.1) is 5.92 Å². The Kier molecular flexibility index (Phi) is 4.82. The van der Waals surface area contributed by atoms with Crippen LogP contribution in [0.3, 0.4) is 0 Å². The molecule has 5 nitrogen and oxygen atoms in total. The first-order valence-electron chi connectivity index (χ1n) is 7.04. The topological polar surface area (TPSA) is 66.8 Å². The van der Waals surface area contributed by atoms with E-state index in [9.17, 15) is 22.8 Å². The maximum absolute atomic E-state index is 12.9.